The summed E-state index contributed by atoms with van der Waals surface area (Å²) in [6, 6.07) is 0. The van der Waals surface area contributed by atoms with E-state index in [1.54, 1.807) is 0 Å². The third-order valence-corrected chi connectivity index (χ3v) is 3.57. The minimum Gasteiger partial charge on any atom is -0.462 e. The van der Waals surface area contributed by atoms with Gasteiger partial charge in [0.25, 0.3) is 0 Å². The molecular formula is C13H24O2. The highest BCUT2D eigenvalue weighted by Crippen LogP contribution is 2.37. The molecule has 88 valence electrons. The molecule has 0 aliphatic heterocycles. The molecule has 15 heavy (non-hydrogen) atoms. The van der Waals surface area contributed by atoms with Crippen LogP contribution in [0.1, 0.15) is 59.3 Å². The minimum atomic E-state index is -0.116. The maximum Gasteiger partial charge on any atom is 0.302 e. The number of hydrogen-bond donors (Lipinski definition) is 0. The molecule has 1 rings (SSSR count). The van der Waals surface area contributed by atoms with E-state index in [4.69, 9.17) is 4.74 Å². The van der Waals surface area contributed by atoms with E-state index in [-0.39, 0.29) is 12.1 Å². The first-order valence-corrected chi connectivity index (χ1v) is 6.32. The van der Waals surface area contributed by atoms with Gasteiger partial charge in [-0.2, -0.15) is 0 Å². The fraction of sp³-hybridized carbons (Fsp3) is 0.923. The molecular weight excluding hydrogens is 188 g/mol. The lowest BCUT2D eigenvalue weighted by Gasteiger charge is -2.22. The van der Waals surface area contributed by atoms with Crippen molar-refractivity contribution in [2.45, 2.75) is 65.4 Å². The first kappa shape index (κ1) is 12.5. The highest BCUT2D eigenvalue weighted by Gasteiger charge is 2.34. The predicted octanol–water partition coefficient (Wildman–Crippen LogP) is 3.54. The van der Waals surface area contributed by atoms with Crippen LogP contribution in [0.2, 0.25) is 0 Å². The Morgan fingerprint density at radius 3 is 2.67 bits per heavy atom. The molecule has 0 spiro atoms. The molecule has 3 atom stereocenters. The summed E-state index contributed by atoms with van der Waals surface area (Å²) in [6.45, 7) is 6.04. The van der Waals surface area contributed by atoms with Crippen molar-refractivity contribution in [1.82, 2.24) is 0 Å². The summed E-state index contributed by atoms with van der Waals surface area (Å²) < 4.78 is 5.39. The van der Waals surface area contributed by atoms with Gasteiger partial charge in [0.1, 0.15) is 6.10 Å². The first-order valence-electron chi connectivity index (χ1n) is 6.32. The van der Waals surface area contributed by atoms with E-state index >= 15 is 0 Å². The van der Waals surface area contributed by atoms with E-state index in [0.29, 0.717) is 5.92 Å². The Kier molecular flexibility index (Phi) is 5.13. The second kappa shape index (κ2) is 6.14. The van der Waals surface area contributed by atoms with Gasteiger partial charge in [0.05, 0.1) is 0 Å². The average Bonchev–Trinajstić information content (AvgIpc) is 2.49. The first-order chi connectivity index (χ1) is 7.15. The van der Waals surface area contributed by atoms with Gasteiger partial charge in [0, 0.05) is 6.92 Å². The molecule has 2 heteroatoms. The molecule has 2 nitrogen and oxygen atoms in total. The number of ether oxygens (including phenoxy) is 1. The maximum atomic E-state index is 11.0. The maximum absolute atomic E-state index is 11.0. The molecule has 1 fully saturated rings. The average molecular weight is 212 g/mol. The van der Waals surface area contributed by atoms with Gasteiger partial charge >= 0.3 is 5.97 Å². The second-order valence-electron chi connectivity index (χ2n) is 4.86. The van der Waals surface area contributed by atoms with Crippen molar-refractivity contribution in [3.05, 3.63) is 0 Å². The Balaban J connectivity index is 2.38. The summed E-state index contributed by atoms with van der Waals surface area (Å²) in [4.78, 5) is 11.0. The summed E-state index contributed by atoms with van der Waals surface area (Å²) in [6.07, 6.45) is 7.56. The summed E-state index contributed by atoms with van der Waals surface area (Å²) in [5, 5.41) is 0. The Hall–Kier alpha value is -0.530. The van der Waals surface area contributed by atoms with Gasteiger partial charge in [-0.15, -0.1) is 0 Å². The fourth-order valence-electron chi connectivity index (χ4n) is 2.68. The zero-order valence-corrected chi connectivity index (χ0v) is 10.3. The van der Waals surface area contributed by atoms with Crippen LogP contribution in [0.15, 0.2) is 0 Å². The van der Waals surface area contributed by atoms with Crippen LogP contribution in [0.4, 0.5) is 0 Å². The summed E-state index contributed by atoms with van der Waals surface area (Å²) in [5.74, 6) is 1.22. The van der Waals surface area contributed by atoms with Gasteiger partial charge in [-0.1, -0.05) is 33.1 Å². The van der Waals surface area contributed by atoms with E-state index in [0.717, 1.165) is 12.3 Å². The highest BCUT2D eigenvalue weighted by atomic mass is 16.5. The van der Waals surface area contributed by atoms with E-state index in [2.05, 4.69) is 13.8 Å². The van der Waals surface area contributed by atoms with Crippen LogP contribution in [0.5, 0.6) is 0 Å². The smallest absolute Gasteiger partial charge is 0.302 e. The number of carbonyl (C=O) groups excluding carboxylic acids is 1. The van der Waals surface area contributed by atoms with Crippen molar-refractivity contribution in [2.24, 2.45) is 11.8 Å². The molecule has 0 unspecified atom stereocenters. The van der Waals surface area contributed by atoms with Crippen molar-refractivity contribution in [1.29, 1.82) is 0 Å². The Morgan fingerprint density at radius 1 is 1.33 bits per heavy atom. The zero-order valence-electron chi connectivity index (χ0n) is 10.3. The standard InChI is InChI=1S/C13H24O2/c1-4-5-6-7-12-10(2)8-9-13(12)15-11(3)14/h10,12-13H,4-9H2,1-3H3/t10-,12+,13-/m0/s1. The van der Waals surface area contributed by atoms with Gasteiger partial charge in [-0.3, -0.25) is 4.79 Å². The number of hydrogen-bond acceptors (Lipinski definition) is 2. The minimum absolute atomic E-state index is 0.116. The molecule has 1 aliphatic carbocycles. The molecule has 1 aliphatic rings. The van der Waals surface area contributed by atoms with Crippen molar-refractivity contribution >= 4 is 5.97 Å². The van der Waals surface area contributed by atoms with Crippen LogP contribution >= 0.6 is 0 Å². The third-order valence-electron chi connectivity index (χ3n) is 3.57. The van der Waals surface area contributed by atoms with E-state index in [1.165, 1.54) is 39.0 Å². The molecule has 1 saturated carbocycles. The quantitative estimate of drug-likeness (QED) is 0.514. The Labute approximate surface area is 93.4 Å². The summed E-state index contributed by atoms with van der Waals surface area (Å²) >= 11 is 0. The number of rotatable bonds is 5. The lowest BCUT2D eigenvalue weighted by molar-refractivity contribution is -0.148. The van der Waals surface area contributed by atoms with Crippen LogP contribution in [0.3, 0.4) is 0 Å². The van der Waals surface area contributed by atoms with E-state index in [1.807, 2.05) is 0 Å². The van der Waals surface area contributed by atoms with E-state index in [9.17, 15) is 4.79 Å². The van der Waals surface area contributed by atoms with E-state index < -0.39 is 0 Å². The SMILES string of the molecule is CCCCC[C@H]1[C@@H](OC(C)=O)CC[C@@H]1C. The molecule has 0 radical (unpaired) electrons. The molecule has 0 heterocycles. The number of esters is 1. The summed E-state index contributed by atoms with van der Waals surface area (Å²) in [7, 11) is 0. The van der Waals surface area contributed by atoms with Crippen LogP contribution in [0, 0.1) is 11.8 Å². The molecule has 0 aromatic carbocycles. The lowest BCUT2D eigenvalue weighted by atomic mass is 9.91. The summed E-state index contributed by atoms with van der Waals surface area (Å²) in [5.41, 5.74) is 0. The highest BCUT2D eigenvalue weighted by molar-refractivity contribution is 5.66. The topological polar surface area (TPSA) is 26.3 Å². The Morgan fingerprint density at radius 2 is 2.07 bits per heavy atom. The van der Waals surface area contributed by atoms with Crippen molar-refractivity contribution < 1.29 is 9.53 Å². The number of unbranched alkanes of at least 4 members (excludes halogenated alkanes) is 2. The van der Waals surface area contributed by atoms with Gasteiger partial charge in [0.15, 0.2) is 0 Å². The molecule has 0 N–H and O–H groups in total. The van der Waals surface area contributed by atoms with Crippen molar-refractivity contribution in [2.75, 3.05) is 0 Å². The molecule has 0 bridgehead atoms. The number of carbonyl (C=O) groups is 1. The third kappa shape index (κ3) is 3.84. The molecule has 0 amide bonds. The van der Waals surface area contributed by atoms with Crippen molar-refractivity contribution in [3.63, 3.8) is 0 Å². The second-order valence-corrected chi connectivity index (χ2v) is 4.86. The van der Waals surface area contributed by atoms with Gasteiger partial charge in [-0.25, -0.2) is 0 Å². The van der Waals surface area contributed by atoms with Crippen LogP contribution in [0.25, 0.3) is 0 Å². The van der Waals surface area contributed by atoms with Crippen LogP contribution < -0.4 is 0 Å². The largest absolute Gasteiger partial charge is 0.462 e. The predicted molar refractivity (Wildman–Crippen MR) is 61.6 cm³/mol. The molecule has 0 aromatic heterocycles. The zero-order chi connectivity index (χ0) is 11.3. The van der Waals surface area contributed by atoms with Crippen LogP contribution in [-0.2, 0) is 9.53 Å². The lowest BCUT2D eigenvalue weighted by Crippen LogP contribution is -2.23. The Bertz CT molecular complexity index is 201. The molecule has 0 aromatic rings. The van der Waals surface area contributed by atoms with Crippen LogP contribution in [-0.4, -0.2) is 12.1 Å². The fourth-order valence-corrected chi connectivity index (χ4v) is 2.68. The van der Waals surface area contributed by atoms with Crippen molar-refractivity contribution in [3.8, 4) is 0 Å². The van der Waals surface area contributed by atoms with Gasteiger partial charge < -0.3 is 4.74 Å². The van der Waals surface area contributed by atoms with Gasteiger partial charge in [0.2, 0.25) is 0 Å². The normalized spacial score (nSPS) is 30.5. The van der Waals surface area contributed by atoms with Gasteiger partial charge in [-0.05, 0) is 31.1 Å². The monoisotopic (exact) mass is 212 g/mol. The molecule has 0 saturated heterocycles.